The van der Waals surface area contributed by atoms with E-state index in [-0.39, 0.29) is 5.56 Å². The standard InChI is InChI=1S/C10H8N2O3/c1-5-2-6-8(13)7(10(14)15)4-12-9(6)11-3-5/h2-4H,1H3,(H,14,15)(H,11,12,13). The molecule has 0 aliphatic carbocycles. The van der Waals surface area contributed by atoms with Gasteiger partial charge in [-0.25, -0.2) is 9.78 Å². The summed E-state index contributed by atoms with van der Waals surface area (Å²) < 4.78 is 0. The first-order chi connectivity index (χ1) is 7.09. The number of carboxylic acids is 1. The van der Waals surface area contributed by atoms with E-state index in [0.29, 0.717) is 11.0 Å². The zero-order chi connectivity index (χ0) is 11.0. The average molecular weight is 204 g/mol. The number of pyridine rings is 2. The Kier molecular flexibility index (Phi) is 2.00. The van der Waals surface area contributed by atoms with Crippen LogP contribution in [0.3, 0.4) is 0 Å². The van der Waals surface area contributed by atoms with E-state index in [1.54, 1.807) is 19.2 Å². The fourth-order valence-electron chi connectivity index (χ4n) is 1.37. The van der Waals surface area contributed by atoms with Crippen molar-refractivity contribution in [2.45, 2.75) is 6.92 Å². The molecule has 0 spiro atoms. The molecule has 0 aromatic carbocycles. The largest absolute Gasteiger partial charge is 0.477 e. The zero-order valence-electron chi connectivity index (χ0n) is 7.94. The van der Waals surface area contributed by atoms with Crippen LogP contribution in [0.4, 0.5) is 0 Å². The molecule has 76 valence electrons. The molecule has 0 bridgehead atoms. The van der Waals surface area contributed by atoms with Crippen molar-refractivity contribution in [2.24, 2.45) is 0 Å². The number of nitrogens with one attached hydrogen (secondary N) is 1. The Hall–Kier alpha value is -2.17. The molecule has 15 heavy (non-hydrogen) atoms. The van der Waals surface area contributed by atoms with Crippen LogP contribution in [0, 0.1) is 6.92 Å². The Bertz CT molecular complexity index is 601. The molecule has 0 radical (unpaired) electrons. The molecule has 2 N–H and O–H groups in total. The normalized spacial score (nSPS) is 10.5. The van der Waals surface area contributed by atoms with Gasteiger partial charge in [-0.2, -0.15) is 0 Å². The van der Waals surface area contributed by atoms with Crippen molar-refractivity contribution in [1.29, 1.82) is 0 Å². The van der Waals surface area contributed by atoms with Crippen molar-refractivity contribution in [3.05, 3.63) is 39.8 Å². The maximum atomic E-state index is 11.7. The number of aryl methyl sites for hydroxylation is 1. The third-order valence-electron chi connectivity index (χ3n) is 2.10. The first-order valence-electron chi connectivity index (χ1n) is 4.31. The van der Waals surface area contributed by atoms with E-state index in [1.165, 1.54) is 0 Å². The predicted molar refractivity (Wildman–Crippen MR) is 54.1 cm³/mol. The van der Waals surface area contributed by atoms with Crippen LogP contribution in [0.15, 0.2) is 23.3 Å². The summed E-state index contributed by atoms with van der Waals surface area (Å²) in [5.41, 5.74) is 0.438. The average Bonchev–Trinajstić information content (AvgIpc) is 2.19. The second-order valence-corrected chi connectivity index (χ2v) is 3.25. The van der Waals surface area contributed by atoms with Crippen molar-refractivity contribution in [3.8, 4) is 0 Å². The van der Waals surface area contributed by atoms with Gasteiger partial charge in [0, 0.05) is 12.4 Å². The second kappa shape index (κ2) is 3.20. The smallest absolute Gasteiger partial charge is 0.341 e. The van der Waals surface area contributed by atoms with Gasteiger partial charge in [-0.15, -0.1) is 0 Å². The number of hydrogen-bond acceptors (Lipinski definition) is 3. The van der Waals surface area contributed by atoms with Gasteiger partial charge >= 0.3 is 5.97 Å². The molecular formula is C10H8N2O3. The van der Waals surface area contributed by atoms with Crippen LogP contribution in [0.2, 0.25) is 0 Å². The van der Waals surface area contributed by atoms with Crippen molar-refractivity contribution < 1.29 is 9.90 Å². The van der Waals surface area contributed by atoms with Crippen LogP contribution in [-0.2, 0) is 0 Å². The minimum atomic E-state index is -1.24. The summed E-state index contributed by atoms with van der Waals surface area (Å²) in [4.78, 5) is 29.1. The number of aromatic carboxylic acids is 1. The topological polar surface area (TPSA) is 83.1 Å². The molecular weight excluding hydrogens is 196 g/mol. The van der Waals surface area contributed by atoms with Crippen LogP contribution in [0.5, 0.6) is 0 Å². The van der Waals surface area contributed by atoms with Crippen LogP contribution in [0.1, 0.15) is 15.9 Å². The zero-order valence-corrected chi connectivity index (χ0v) is 7.94. The van der Waals surface area contributed by atoms with Gasteiger partial charge in [-0.05, 0) is 18.6 Å². The second-order valence-electron chi connectivity index (χ2n) is 3.25. The van der Waals surface area contributed by atoms with E-state index >= 15 is 0 Å². The molecule has 0 fully saturated rings. The summed E-state index contributed by atoms with van der Waals surface area (Å²) in [5.74, 6) is -1.24. The number of fused-ring (bicyclic) bond motifs is 1. The molecule has 2 rings (SSSR count). The van der Waals surface area contributed by atoms with E-state index in [0.717, 1.165) is 11.8 Å². The Morgan fingerprint density at radius 1 is 1.53 bits per heavy atom. The van der Waals surface area contributed by atoms with Gasteiger partial charge in [-0.1, -0.05) is 0 Å². The quantitative estimate of drug-likeness (QED) is 0.723. The lowest BCUT2D eigenvalue weighted by Gasteiger charge is -1.99. The van der Waals surface area contributed by atoms with Crippen LogP contribution >= 0.6 is 0 Å². The van der Waals surface area contributed by atoms with Gasteiger partial charge in [0.1, 0.15) is 11.2 Å². The first-order valence-corrected chi connectivity index (χ1v) is 4.31. The highest BCUT2D eigenvalue weighted by Crippen LogP contribution is 2.07. The highest BCUT2D eigenvalue weighted by Gasteiger charge is 2.11. The van der Waals surface area contributed by atoms with Gasteiger partial charge in [-0.3, -0.25) is 4.79 Å². The monoisotopic (exact) mass is 204 g/mol. The minimum Gasteiger partial charge on any atom is -0.477 e. The molecule has 0 saturated heterocycles. The fraction of sp³-hybridized carbons (Fsp3) is 0.100. The molecule has 2 aromatic rings. The molecule has 2 aromatic heterocycles. The van der Waals surface area contributed by atoms with Crippen LogP contribution in [0.25, 0.3) is 11.0 Å². The first kappa shape index (κ1) is 9.39. The number of carbonyl (C=O) groups is 1. The molecule has 5 nitrogen and oxygen atoms in total. The van der Waals surface area contributed by atoms with Gasteiger partial charge in [0.2, 0.25) is 5.43 Å². The van der Waals surface area contributed by atoms with Crippen molar-refractivity contribution in [1.82, 2.24) is 9.97 Å². The van der Waals surface area contributed by atoms with E-state index in [1.807, 2.05) is 0 Å². The molecule has 0 amide bonds. The van der Waals surface area contributed by atoms with Crippen molar-refractivity contribution >= 4 is 17.0 Å². The number of nitrogens with zero attached hydrogens (tertiary/aromatic N) is 1. The number of rotatable bonds is 1. The Morgan fingerprint density at radius 2 is 2.27 bits per heavy atom. The number of aromatic amines is 1. The Balaban J connectivity index is 2.89. The lowest BCUT2D eigenvalue weighted by atomic mass is 10.2. The summed E-state index contributed by atoms with van der Waals surface area (Å²) in [6, 6.07) is 1.62. The Labute approximate surface area is 84.4 Å². The Morgan fingerprint density at radius 3 is 2.93 bits per heavy atom. The maximum Gasteiger partial charge on any atom is 0.341 e. The van der Waals surface area contributed by atoms with Crippen molar-refractivity contribution in [2.75, 3.05) is 0 Å². The minimum absolute atomic E-state index is 0.269. The van der Waals surface area contributed by atoms with Gasteiger partial charge < -0.3 is 10.1 Å². The highest BCUT2D eigenvalue weighted by molar-refractivity contribution is 5.91. The lowest BCUT2D eigenvalue weighted by Crippen LogP contribution is -2.15. The van der Waals surface area contributed by atoms with E-state index in [2.05, 4.69) is 9.97 Å². The van der Waals surface area contributed by atoms with Crippen LogP contribution < -0.4 is 5.43 Å². The molecule has 0 atom stereocenters. The lowest BCUT2D eigenvalue weighted by molar-refractivity contribution is 0.0695. The predicted octanol–water partition coefficient (Wildman–Crippen LogP) is 0.930. The van der Waals surface area contributed by atoms with E-state index in [9.17, 15) is 9.59 Å². The summed E-state index contributed by atoms with van der Waals surface area (Å²) in [5, 5.41) is 9.05. The van der Waals surface area contributed by atoms with E-state index < -0.39 is 11.4 Å². The SMILES string of the molecule is Cc1cnc2[nH]cc(C(=O)O)c(=O)c2c1. The maximum absolute atomic E-state index is 11.7. The molecule has 0 aliphatic rings. The molecule has 0 saturated carbocycles. The fourth-order valence-corrected chi connectivity index (χ4v) is 1.37. The van der Waals surface area contributed by atoms with Gasteiger partial charge in [0.05, 0.1) is 5.39 Å². The third kappa shape index (κ3) is 1.48. The third-order valence-corrected chi connectivity index (χ3v) is 2.10. The van der Waals surface area contributed by atoms with Crippen LogP contribution in [-0.4, -0.2) is 21.0 Å². The highest BCUT2D eigenvalue weighted by atomic mass is 16.4. The van der Waals surface area contributed by atoms with Gasteiger partial charge in [0.15, 0.2) is 0 Å². The summed E-state index contributed by atoms with van der Waals surface area (Å²) >= 11 is 0. The molecule has 2 heterocycles. The molecule has 0 aliphatic heterocycles. The summed E-state index contributed by atoms with van der Waals surface area (Å²) in [7, 11) is 0. The summed E-state index contributed by atoms with van der Waals surface area (Å²) in [6.45, 7) is 1.79. The van der Waals surface area contributed by atoms with E-state index in [4.69, 9.17) is 5.11 Å². The molecule has 5 heteroatoms. The van der Waals surface area contributed by atoms with Crippen molar-refractivity contribution in [3.63, 3.8) is 0 Å². The van der Waals surface area contributed by atoms with Gasteiger partial charge in [0.25, 0.3) is 0 Å². The number of hydrogen-bond donors (Lipinski definition) is 2. The number of aromatic nitrogens is 2. The molecule has 0 unspecified atom stereocenters. The number of H-pyrrole nitrogens is 1. The summed E-state index contributed by atoms with van der Waals surface area (Å²) in [6.07, 6.45) is 2.77. The number of carboxylic acid groups (broad SMARTS) is 1.